The maximum absolute atomic E-state index is 7.43. The van der Waals surface area contributed by atoms with Crippen LogP contribution in [0.15, 0.2) is 0 Å². The third-order valence-corrected chi connectivity index (χ3v) is 18.2. The second-order valence-corrected chi connectivity index (χ2v) is 19.6. The van der Waals surface area contributed by atoms with Gasteiger partial charge in [0.25, 0.3) is 0 Å². The Bertz CT molecular complexity index is 486. The Morgan fingerprint density at radius 2 is 0.848 bits per heavy atom. The van der Waals surface area contributed by atoms with E-state index in [0.717, 1.165) is 29.1 Å². The predicted octanol–water partition coefficient (Wildman–Crippen LogP) is 11.2. The second kappa shape index (κ2) is 15.5. The second-order valence-electron chi connectivity index (χ2n) is 11.6. The van der Waals surface area contributed by atoms with Gasteiger partial charge in [-0.05, 0) is 93.0 Å². The van der Waals surface area contributed by atoms with Gasteiger partial charge in [-0.2, -0.15) is 0 Å². The fraction of sp³-hybridized carbons (Fsp3) is 1.00. The molecule has 33 heavy (non-hydrogen) atoms. The van der Waals surface area contributed by atoms with Gasteiger partial charge in [-0.15, -0.1) is 7.92 Å². The molecule has 0 aromatic carbocycles. The Hall–Kier alpha value is 2.10. The van der Waals surface area contributed by atoms with Gasteiger partial charge in [0, 0.05) is 0 Å². The van der Waals surface area contributed by atoms with Gasteiger partial charge >= 0.3 is 20.4 Å². The minimum atomic E-state index is -0.417. The van der Waals surface area contributed by atoms with Gasteiger partial charge in [0.05, 0.1) is 0 Å². The van der Waals surface area contributed by atoms with Crippen LogP contribution in [-0.4, -0.2) is 32.9 Å². The normalized spacial score (nSPS) is 25.5. The first-order chi connectivity index (χ1) is 15.6. The van der Waals surface area contributed by atoms with Crippen LogP contribution in [0.3, 0.4) is 0 Å². The largest absolute Gasteiger partial charge is 2.00 e. The first kappa shape index (κ1) is 29.7. The van der Waals surface area contributed by atoms with Gasteiger partial charge in [-0.1, -0.05) is 108 Å². The minimum absolute atomic E-state index is 0. The van der Waals surface area contributed by atoms with Crippen LogP contribution in [0.1, 0.15) is 141 Å². The van der Waals surface area contributed by atoms with E-state index in [4.69, 9.17) is 23.2 Å². The summed E-state index contributed by atoms with van der Waals surface area (Å²) in [4.78, 5) is 0. The molecule has 0 radical (unpaired) electrons. The van der Waals surface area contributed by atoms with Crippen molar-refractivity contribution in [1.82, 2.24) is 0 Å². The van der Waals surface area contributed by atoms with Crippen LogP contribution in [0.4, 0.5) is 0 Å². The van der Waals surface area contributed by atoms with Crippen LogP contribution in [0.2, 0.25) is 0 Å². The van der Waals surface area contributed by atoms with Crippen molar-refractivity contribution in [3.8, 4) is 0 Å². The van der Waals surface area contributed by atoms with Crippen molar-refractivity contribution < 1.29 is 20.4 Å². The summed E-state index contributed by atoms with van der Waals surface area (Å²) < 4.78 is -0.417. The van der Waals surface area contributed by atoms with Crippen molar-refractivity contribution in [1.29, 1.82) is 0 Å². The molecule has 4 fully saturated rings. The van der Waals surface area contributed by atoms with Crippen molar-refractivity contribution in [2.75, 3.05) is 6.16 Å². The molecule has 0 nitrogen and oxygen atoms in total. The zero-order chi connectivity index (χ0) is 22.2. The van der Waals surface area contributed by atoms with E-state index in [1.54, 1.807) is 0 Å². The Morgan fingerprint density at radius 3 is 1.21 bits per heavy atom. The summed E-state index contributed by atoms with van der Waals surface area (Å²) >= 11 is 14.9. The molecule has 0 amide bonds. The van der Waals surface area contributed by atoms with Gasteiger partial charge < -0.3 is 0 Å². The Kier molecular flexibility index (Phi) is 13.9. The number of halogens is 2. The van der Waals surface area contributed by atoms with Crippen molar-refractivity contribution in [2.45, 2.75) is 168 Å². The maximum Gasteiger partial charge on any atom is 2.00 e. The standard InChI is InChI=1S/C28H50Cl2P2.Pd/c29-28(30,32(26-18-9-3-10-19-26)27-20-11-4-12-21-27)22-13-23-31(24-14-5-1-6-15-24)25-16-7-2-8-17-25;/h24-27H,1-23H2;/q;+2. The molecule has 0 saturated heterocycles. The quantitative estimate of drug-likeness (QED) is 0.136. The zero-order valence-electron chi connectivity index (χ0n) is 21.0. The monoisotopic (exact) mass is 624 g/mol. The van der Waals surface area contributed by atoms with E-state index >= 15 is 0 Å². The molecule has 0 aromatic rings. The van der Waals surface area contributed by atoms with Crippen LogP contribution in [0, 0.1) is 0 Å². The first-order valence-electron chi connectivity index (χ1n) is 14.6. The van der Waals surface area contributed by atoms with Gasteiger partial charge in [0.2, 0.25) is 0 Å². The third kappa shape index (κ3) is 8.83. The third-order valence-electron chi connectivity index (χ3n) is 9.30. The summed E-state index contributed by atoms with van der Waals surface area (Å²) in [6.45, 7) is 0. The molecule has 4 aliphatic carbocycles. The van der Waals surface area contributed by atoms with Crippen LogP contribution >= 0.6 is 39.0 Å². The van der Waals surface area contributed by atoms with E-state index in [1.807, 2.05) is 0 Å². The number of hydrogen-bond donors (Lipinski definition) is 0. The van der Waals surface area contributed by atoms with E-state index in [0.29, 0.717) is 0 Å². The summed E-state index contributed by atoms with van der Waals surface area (Å²) in [7, 11) is -0.0704. The van der Waals surface area contributed by atoms with Crippen LogP contribution in [-0.2, 0) is 20.4 Å². The average molecular weight is 626 g/mol. The minimum Gasteiger partial charge on any atom is -0.100 e. The summed E-state index contributed by atoms with van der Waals surface area (Å²) in [5.41, 5.74) is 3.85. The molecule has 5 heteroatoms. The average Bonchev–Trinajstić information content (AvgIpc) is 2.84. The summed E-state index contributed by atoms with van der Waals surface area (Å²) in [5.74, 6) is 0. The van der Waals surface area contributed by atoms with Crippen molar-refractivity contribution in [2.24, 2.45) is 0 Å². The summed E-state index contributed by atoms with van der Waals surface area (Å²) in [5, 5.41) is 0. The molecule has 194 valence electrons. The first-order valence-corrected chi connectivity index (χ1v) is 18.5. The molecule has 0 unspecified atom stereocenters. The maximum atomic E-state index is 7.43. The van der Waals surface area contributed by atoms with Crippen molar-refractivity contribution in [3.63, 3.8) is 0 Å². The number of alkyl halides is 2. The van der Waals surface area contributed by atoms with Crippen molar-refractivity contribution >= 4 is 39.0 Å². The van der Waals surface area contributed by atoms with E-state index in [2.05, 4.69) is 0 Å². The van der Waals surface area contributed by atoms with E-state index < -0.39 is 4.07 Å². The molecule has 0 atom stereocenters. The topological polar surface area (TPSA) is 0 Å². The summed E-state index contributed by atoms with van der Waals surface area (Å²) in [6, 6.07) is 0. The fourth-order valence-electron chi connectivity index (χ4n) is 7.64. The molecule has 0 spiro atoms. The molecular formula is C28H50Cl2P2Pd+2. The van der Waals surface area contributed by atoms with Crippen LogP contribution in [0.25, 0.3) is 0 Å². The van der Waals surface area contributed by atoms with Gasteiger partial charge in [-0.3, -0.25) is 0 Å². The number of rotatable bonds is 9. The van der Waals surface area contributed by atoms with E-state index in [1.165, 1.54) is 141 Å². The molecule has 4 aliphatic rings. The Balaban J connectivity index is 0.00000306. The van der Waals surface area contributed by atoms with Gasteiger partial charge in [0.15, 0.2) is 0 Å². The van der Waals surface area contributed by atoms with Crippen LogP contribution < -0.4 is 0 Å². The molecule has 0 aromatic heterocycles. The zero-order valence-corrected chi connectivity index (χ0v) is 25.9. The predicted molar refractivity (Wildman–Crippen MR) is 150 cm³/mol. The van der Waals surface area contributed by atoms with Crippen LogP contribution in [0.5, 0.6) is 0 Å². The number of hydrogen-bond acceptors (Lipinski definition) is 0. The fourth-order valence-corrected chi connectivity index (χ4v) is 17.4. The molecule has 0 N–H and O–H groups in total. The molecule has 0 aliphatic heterocycles. The molecular weight excluding hydrogens is 576 g/mol. The molecule has 0 bridgehead atoms. The smallest absolute Gasteiger partial charge is 0.100 e. The van der Waals surface area contributed by atoms with Gasteiger partial charge in [-0.25, -0.2) is 0 Å². The summed E-state index contributed by atoms with van der Waals surface area (Å²) in [6.07, 6.45) is 33.2. The SMILES string of the molecule is ClC(Cl)(CCCP(C1CCCCC1)C1CCCCC1)P(C1CCCCC1)C1CCCCC1.[Pd+2]. The molecule has 0 heterocycles. The van der Waals surface area contributed by atoms with E-state index in [9.17, 15) is 0 Å². The Morgan fingerprint density at radius 1 is 0.515 bits per heavy atom. The van der Waals surface area contributed by atoms with Gasteiger partial charge in [0.1, 0.15) is 4.07 Å². The molecule has 4 saturated carbocycles. The molecule has 4 rings (SSSR count). The van der Waals surface area contributed by atoms with Crippen molar-refractivity contribution in [3.05, 3.63) is 0 Å². The Labute approximate surface area is 232 Å². The van der Waals surface area contributed by atoms with E-state index in [-0.39, 0.29) is 36.3 Å².